The van der Waals surface area contributed by atoms with Crippen molar-refractivity contribution in [2.45, 2.75) is 38.6 Å². The molecular weight excluding hydrogens is 200 g/mol. The zero-order chi connectivity index (χ0) is 12.0. The van der Waals surface area contributed by atoms with Crippen molar-refractivity contribution < 1.29 is 4.79 Å². The maximum Gasteiger partial charge on any atom is 0.220 e. The highest BCUT2D eigenvalue weighted by Gasteiger charge is 2.20. The van der Waals surface area contributed by atoms with Gasteiger partial charge in [0.25, 0.3) is 0 Å². The lowest BCUT2D eigenvalue weighted by atomic mass is 10.1. The van der Waals surface area contributed by atoms with Crippen LogP contribution in [-0.4, -0.2) is 48.9 Å². The minimum atomic E-state index is 0.139. The van der Waals surface area contributed by atoms with Crippen LogP contribution in [0.4, 0.5) is 0 Å². The van der Waals surface area contributed by atoms with Crippen LogP contribution in [0.5, 0.6) is 0 Å². The van der Waals surface area contributed by atoms with Gasteiger partial charge in [-0.25, -0.2) is 0 Å². The first-order valence-electron chi connectivity index (χ1n) is 6.01. The van der Waals surface area contributed by atoms with Gasteiger partial charge in [0.1, 0.15) is 0 Å². The van der Waals surface area contributed by atoms with Gasteiger partial charge in [0, 0.05) is 13.5 Å². The molecule has 0 unspecified atom stereocenters. The molecule has 3 heteroatoms. The van der Waals surface area contributed by atoms with Crippen LogP contribution in [0.15, 0.2) is 0 Å². The van der Waals surface area contributed by atoms with E-state index < -0.39 is 0 Å². The van der Waals surface area contributed by atoms with Gasteiger partial charge < -0.3 is 4.90 Å². The average Bonchev–Trinajstić information content (AvgIpc) is 2.42. The van der Waals surface area contributed by atoms with E-state index >= 15 is 0 Å². The van der Waals surface area contributed by atoms with E-state index in [1.54, 1.807) is 6.92 Å². The van der Waals surface area contributed by atoms with Crippen molar-refractivity contribution in [2.75, 3.05) is 27.2 Å². The van der Waals surface area contributed by atoms with Crippen LogP contribution in [0.25, 0.3) is 0 Å². The molecule has 1 rings (SSSR count). The third-order valence-corrected chi connectivity index (χ3v) is 2.82. The molecular formula is C13H22N2O. The average molecular weight is 222 g/mol. The maximum absolute atomic E-state index is 11.5. The molecule has 16 heavy (non-hydrogen) atoms. The molecule has 1 atom stereocenters. The maximum atomic E-state index is 11.5. The molecule has 90 valence electrons. The molecule has 3 nitrogen and oxygen atoms in total. The number of carbonyl (C=O) groups excluding carboxylic acids is 1. The summed E-state index contributed by atoms with van der Waals surface area (Å²) >= 11 is 0. The Labute approximate surface area is 98.8 Å². The van der Waals surface area contributed by atoms with Crippen LogP contribution < -0.4 is 0 Å². The molecule has 1 saturated heterocycles. The Hall–Kier alpha value is -1.01. The molecule has 0 radical (unpaired) electrons. The fourth-order valence-corrected chi connectivity index (χ4v) is 1.96. The van der Waals surface area contributed by atoms with Gasteiger partial charge in [-0.2, -0.15) is 0 Å². The van der Waals surface area contributed by atoms with Crippen molar-refractivity contribution in [1.82, 2.24) is 9.80 Å². The summed E-state index contributed by atoms with van der Waals surface area (Å²) in [6.45, 7) is 3.28. The van der Waals surface area contributed by atoms with Crippen LogP contribution in [-0.2, 0) is 4.79 Å². The Morgan fingerprint density at radius 3 is 2.75 bits per heavy atom. The Kier molecular flexibility index (Phi) is 5.34. The van der Waals surface area contributed by atoms with Gasteiger partial charge in [0.15, 0.2) is 0 Å². The fourth-order valence-electron chi connectivity index (χ4n) is 1.96. The Bertz CT molecular complexity index is 288. The molecule has 0 bridgehead atoms. The lowest BCUT2D eigenvalue weighted by Crippen LogP contribution is -2.37. The lowest BCUT2D eigenvalue weighted by Gasteiger charge is -2.24. The molecule has 1 fully saturated rings. The molecule has 0 aliphatic carbocycles. The summed E-state index contributed by atoms with van der Waals surface area (Å²) in [6, 6.07) is 0.139. The molecule has 0 saturated carbocycles. The number of hydrogen-bond donors (Lipinski definition) is 0. The minimum absolute atomic E-state index is 0.139. The summed E-state index contributed by atoms with van der Waals surface area (Å²) in [5.41, 5.74) is 0. The van der Waals surface area contributed by atoms with Gasteiger partial charge in [-0.05, 0) is 26.9 Å². The quantitative estimate of drug-likeness (QED) is 0.625. The number of likely N-dealkylation sites (tertiary alicyclic amines) is 1. The van der Waals surface area contributed by atoms with Crippen molar-refractivity contribution >= 4 is 5.91 Å². The van der Waals surface area contributed by atoms with Crippen molar-refractivity contribution in [2.24, 2.45) is 0 Å². The first-order chi connectivity index (χ1) is 7.61. The SMILES string of the molecule is CC(=O)N1CCCCC[C@@H]1C#CCN(C)C. The predicted molar refractivity (Wildman–Crippen MR) is 66.0 cm³/mol. The van der Waals surface area contributed by atoms with Gasteiger partial charge in [-0.1, -0.05) is 24.7 Å². The van der Waals surface area contributed by atoms with Crippen LogP contribution in [0, 0.1) is 11.8 Å². The number of hydrogen-bond acceptors (Lipinski definition) is 2. The highest BCUT2D eigenvalue weighted by Crippen LogP contribution is 2.16. The minimum Gasteiger partial charge on any atom is -0.329 e. The zero-order valence-electron chi connectivity index (χ0n) is 10.6. The van der Waals surface area contributed by atoms with E-state index in [1.807, 2.05) is 23.9 Å². The molecule has 1 amide bonds. The standard InChI is InChI=1S/C13H22N2O/c1-12(16)15-11-6-4-5-8-13(15)9-7-10-14(2)3/h13H,4-6,8,10-11H2,1-3H3/t13-/m1/s1. The van der Waals surface area contributed by atoms with E-state index in [-0.39, 0.29) is 11.9 Å². The summed E-state index contributed by atoms with van der Waals surface area (Å²) in [4.78, 5) is 15.5. The summed E-state index contributed by atoms with van der Waals surface area (Å²) in [6.07, 6.45) is 4.55. The lowest BCUT2D eigenvalue weighted by molar-refractivity contribution is -0.129. The largest absolute Gasteiger partial charge is 0.329 e. The van der Waals surface area contributed by atoms with E-state index in [0.29, 0.717) is 0 Å². The normalized spacial score (nSPS) is 21.2. The van der Waals surface area contributed by atoms with E-state index in [0.717, 1.165) is 25.9 Å². The number of amides is 1. The first-order valence-corrected chi connectivity index (χ1v) is 6.01. The summed E-state index contributed by atoms with van der Waals surface area (Å²) in [5.74, 6) is 6.55. The van der Waals surface area contributed by atoms with Gasteiger partial charge in [-0.15, -0.1) is 0 Å². The molecule has 1 aliphatic heterocycles. The highest BCUT2D eigenvalue weighted by atomic mass is 16.2. The van der Waals surface area contributed by atoms with Crippen LogP contribution in [0.2, 0.25) is 0 Å². The van der Waals surface area contributed by atoms with Gasteiger partial charge >= 0.3 is 0 Å². The summed E-state index contributed by atoms with van der Waals surface area (Å²) < 4.78 is 0. The molecule has 1 heterocycles. The second-order valence-corrected chi connectivity index (χ2v) is 4.64. The molecule has 1 aliphatic rings. The Balaban J connectivity index is 2.63. The number of carbonyl (C=O) groups is 1. The van der Waals surface area contributed by atoms with Crippen molar-refractivity contribution in [3.8, 4) is 11.8 Å². The van der Waals surface area contributed by atoms with Crippen LogP contribution >= 0.6 is 0 Å². The van der Waals surface area contributed by atoms with Crippen LogP contribution in [0.1, 0.15) is 32.6 Å². The molecule has 0 aromatic rings. The molecule has 0 spiro atoms. The number of nitrogens with zero attached hydrogens (tertiary/aromatic N) is 2. The molecule has 0 aromatic heterocycles. The Morgan fingerprint density at radius 2 is 2.12 bits per heavy atom. The van der Waals surface area contributed by atoms with Gasteiger partial charge in [-0.3, -0.25) is 9.69 Å². The Morgan fingerprint density at radius 1 is 1.38 bits per heavy atom. The summed E-state index contributed by atoms with van der Waals surface area (Å²) in [7, 11) is 4.01. The number of rotatable bonds is 1. The van der Waals surface area contributed by atoms with Crippen molar-refractivity contribution in [1.29, 1.82) is 0 Å². The third-order valence-electron chi connectivity index (χ3n) is 2.82. The van der Waals surface area contributed by atoms with E-state index in [4.69, 9.17) is 0 Å². The van der Waals surface area contributed by atoms with Crippen LogP contribution in [0.3, 0.4) is 0 Å². The third kappa shape index (κ3) is 4.24. The second kappa shape index (κ2) is 6.55. The van der Waals surface area contributed by atoms with E-state index in [9.17, 15) is 4.79 Å². The topological polar surface area (TPSA) is 23.6 Å². The molecule has 0 N–H and O–H groups in total. The monoisotopic (exact) mass is 222 g/mol. The van der Waals surface area contributed by atoms with E-state index in [2.05, 4.69) is 11.8 Å². The van der Waals surface area contributed by atoms with Gasteiger partial charge in [0.05, 0.1) is 12.6 Å². The van der Waals surface area contributed by atoms with Gasteiger partial charge in [0.2, 0.25) is 5.91 Å². The second-order valence-electron chi connectivity index (χ2n) is 4.64. The molecule has 0 aromatic carbocycles. The van der Waals surface area contributed by atoms with Crippen molar-refractivity contribution in [3.05, 3.63) is 0 Å². The predicted octanol–water partition coefficient (Wildman–Crippen LogP) is 1.34. The fraction of sp³-hybridized carbons (Fsp3) is 0.769. The zero-order valence-corrected chi connectivity index (χ0v) is 10.6. The van der Waals surface area contributed by atoms with Crippen molar-refractivity contribution in [3.63, 3.8) is 0 Å². The first kappa shape index (κ1) is 13.1. The summed E-state index contributed by atoms with van der Waals surface area (Å²) in [5, 5.41) is 0. The highest BCUT2D eigenvalue weighted by molar-refractivity contribution is 5.74. The van der Waals surface area contributed by atoms with E-state index in [1.165, 1.54) is 12.8 Å². The smallest absolute Gasteiger partial charge is 0.220 e.